The second kappa shape index (κ2) is 13.8. The van der Waals surface area contributed by atoms with Gasteiger partial charge in [0.1, 0.15) is 11.2 Å². The Hall–Kier alpha value is -7.43. The number of benzene rings is 7. The molecule has 0 fully saturated rings. The number of rotatable bonds is 7. The van der Waals surface area contributed by atoms with Crippen molar-refractivity contribution < 1.29 is 4.42 Å². The molecule has 3 heterocycles. The molecule has 4 heteroatoms. The van der Waals surface area contributed by atoms with E-state index in [2.05, 4.69) is 157 Å². The normalized spacial score (nSPS) is 11.3. The predicted octanol–water partition coefficient (Wildman–Crippen LogP) is 13.4. The summed E-state index contributed by atoms with van der Waals surface area (Å²) in [5.41, 5.74) is 15.1. The third-order valence-corrected chi connectivity index (χ3v) is 10.2. The van der Waals surface area contributed by atoms with Gasteiger partial charge in [0, 0.05) is 51.0 Å². The fourth-order valence-electron chi connectivity index (χ4n) is 7.43. The molecule has 55 heavy (non-hydrogen) atoms. The maximum absolute atomic E-state index is 6.58. The second-order valence-corrected chi connectivity index (χ2v) is 13.7. The molecular formula is C51H33N3O. The van der Waals surface area contributed by atoms with Crippen molar-refractivity contribution in [1.29, 1.82) is 0 Å². The quantitative estimate of drug-likeness (QED) is 0.166. The van der Waals surface area contributed by atoms with Crippen LogP contribution in [0.4, 0.5) is 0 Å². The first-order valence-electron chi connectivity index (χ1n) is 18.4. The Morgan fingerprint density at radius 1 is 0.345 bits per heavy atom. The minimum absolute atomic E-state index is 0.664. The Labute approximate surface area is 319 Å². The minimum Gasteiger partial charge on any atom is -0.455 e. The lowest BCUT2D eigenvalue weighted by atomic mass is 9.92. The summed E-state index contributed by atoms with van der Waals surface area (Å²) in [7, 11) is 0. The molecule has 7 aromatic carbocycles. The second-order valence-electron chi connectivity index (χ2n) is 13.7. The average Bonchev–Trinajstić information content (AvgIpc) is 3.66. The van der Waals surface area contributed by atoms with Gasteiger partial charge in [0.25, 0.3) is 0 Å². The van der Waals surface area contributed by atoms with Gasteiger partial charge in [-0.05, 0) is 81.9 Å². The van der Waals surface area contributed by atoms with E-state index in [-0.39, 0.29) is 0 Å². The molecule has 4 nitrogen and oxygen atoms in total. The number of nitrogens with zero attached hydrogens (tertiary/aromatic N) is 3. The molecule has 0 aliphatic heterocycles. The van der Waals surface area contributed by atoms with Crippen molar-refractivity contribution in [3.05, 3.63) is 200 Å². The predicted molar refractivity (Wildman–Crippen MR) is 225 cm³/mol. The largest absolute Gasteiger partial charge is 0.455 e. The van der Waals surface area contributed by atoms with Gasteiger partial charge in [0.05, 0.1) is 11.4 Å². The van der Waals surface area contributed by atoms with Crippen LogP contribution in [0.2, 0.25) is 0 Å². The summed E-state index contributed by atoms with van der Waals surface area (Å²) in [6, 6.07) is 65.5. The number of fused-ring (bicyclic) bond motifs is 3. The summed E-state index contributed by atoms with van der Waals surface area (Å²) < 4.78 is 6.58. The average molecular weight is 704 g/mol. The van der Waals surface area contributed by atoms with Gasteiger partial charge >= 0.3 is 0 Å². The van der Waals surface area contributed by atoms with Crippen molar-refractivity contribution >= 4 is 21.9 Å². The van der Waals surface area contributed by atoms with Crippen LogP contribution in [0.15, 0.2) is 205 Å². The molecule has 10 aromatic rings. The zero-order valence-electron chi connectivity index (χ0n) is 29.8. The van der Waals surface area contributed by atoms with Crippen molar-refractivity contribution in [2.45, 2.75) is 0 Å². The molecule has 0 spiro atoms. The lowest BCUT2D eigenvalue weighted by Crippen LogP contribution is -1.97. The first kappa shape index (κ1) is 32.2. The highest BCUT2D eigenvalue weighted by Crippen LogP contribution is 2.40. The van der Waals surface area contributed by atoms with E-state index in [0.29, 0.717) is 5.82 Å². The van der Waals surface area contributed by atoms with Crippen molar-refractivity contribution in [3.63, 3.8) is 0 Å². The Morgan fingerprint density at radius 2 is 0.891 bits per heavy atom. The van der Waals surface area contributed by atoms with Crippen LogP contribution in [0.1, 0.15) is 0 Å². The molecule has 0 amide bonds. The molecule has 0 saturated carbocycles. The standard InChI is InChI=1S/C51H33N3O/c1-3-13-34(14-4-1)36-17-9-19-38(27-36)41-29-42(44-23-11-24-46-45-22-7-8-25-49(45)55-50(44)46)31-43(30-41)48-32-47(53-51(54-48)35-15-5-2-6-16-35)39-20-10-18-37(28-39)40-21-12-26-52-33-40/h1-33H. The molecule has 0 aliphatic carbocycles. The van der Waals surface area contributed by atoms with Crippen molar-refractivity contribution in [2.24, 2.45) is 0 Å². The zero-order valence-corrected chi connectivity index (χ0v) is 29.8. The lowest BCUT2D eigenvalue weighted by Gasteiger charge is -2.14. The molecule has 0 aliphatic rings. The third-order valence-electron chi connectivity index (χ3n) is 10.2. The Kier molecular flexibility index (Phi) is 8.12. The van der Waals surface area contributed by atoms with Gasteiger partial charge < -0.3 is 4.42 Å². The number of hydrogen-bond acceptors (Lipinski definition) is 4. The molecule has 10 rings (SSSR count). The zero-order chi connectivity index (χ0) is 36.6. The molecule has 0 atom stereocenters. The number of hydrogen-bond donors (Lipinski definition) is 0. The van der Waals surface area contributed by atoms with E-state index in [1.807, 2.05) is 42.6 Å². The van der Waals surface area contributed by atoms with Gasteiger partial charge in [-0.1, -0.05) is 140 Å². The van der Waals surface area contributed by atoms with Crippen LogP contribution in [-0.2, 0) is 0 Å². The van der Waals surface area contributed by atoms with E-state index in [1.54, 1.807) is 6.20 Å². The van der Waals surface area contributed by atoms with Gasteiger partial charge in [-0.3, -0.25) is 4.98 Å². The molecule has 0 radical (unpaired) electrons. The van der Waals surface area contributed by atoms with Crippen LogP contribution in [0, 0.1) is 0 Å². The minimum atomic E-state index is 0.664. The fourth-order valence-corrected chi connectivity index (χ4v) is 7.43. The summed E-state index contributed by atoms with van der Waals surface area (Å²) in [5, 5.41) is 2.20. The Bertz CT molecular complexity index is 2970. The van der Waals surface area contributed by atoms with Gasteiger partial charge in [-0.25, -0.2) is 9.97 Å². The molecular weight excluding hydrogens is 671 g/mol. The topological polar surface area (TPSA) is 51.8 Å². The number of para-hydroxylation sites is 2. The van der Waals surface area contributed by atoms with Crippen LogP contribution in [-0.4, -0.2) is 15.0 Å². The highest BCUT2D eigenvalue weighted by Gasteiger charge is 2.17. The van der Waals surface area contributed by atoms with Gasteiger partial charge in [0.2, 0.25) is 0 Å². The van der Waals surface area contributed by atoms with E-state index in [0.717, 1.165) is 89.0 Å². The highest BCUT2D eigenvalue weighted by molar-refractivity contribution is 6.09. The summed E-state index contributed by atoms with van der Waals surface area (Å²) in [5.74, 6) is 0.664. The Balaban J connectivity index is 1.20. The number of pyridine rings is 1. The first-order valence-corrected chi connectivity index (χ1v) is 18.4. The summed E-state index contributed by atoms with van der Waals surface area (Å²) >= 11 is 0. The van der Waals surface area contributed by atoms with Crippen LogP contribution in [0.25, 0.3) is 100 Å². The Morgan fingerprint density at radius 3 is 1.67 bits per heavy atom. The summed E-state index contributed by atoms with van der Waals surface area (Å²) in [4.78, 5) is 14.8. The molecule has 3 aromatic heterocycles. The van der Waals surface area contributed by atoms with Crippen LogP contribution in [0.5, 0.6) is 0 Å². The lowest BCUT2D eigenvalue weighted by molar-refractivity contribution is 0.670. The van der Waals surface area contributed by atoms with E-state index in [4.69, 9.17) is 14.4 Å². The SMILES string of the molecule is c1ccc(-c2cccc(-c3cc(-c4cc(-c5cccc(-c6cccnc6)c5)nc(-c5ccccc5)n4)cc(-c4cccc5c4oc4ccccc45)c3)c2)cc1. The third kappa shape index (κ3) is 6.26. The molecule has 0 unspecified atom stereocenters. The molecule has 258 valence electrons. The van der Waals surface area contributed by atoms with Crippen LogP contribution < -0.4 is 0 Å². The van der Waals surface area contributed by atoms with Gasteiger partial charge in [-0.15, -0.1) is 0 Å². The van der Waals surface area contributed by atoms with E-state index in [1.165, 1.54) is 5.56 Å². The molecule has 0 bridgehead atoms. The summed E-state index contributed by atoms with van der Waals surface area (Å²) in [6.07, 6.45) is 3.69. The van der Waals surface area contributed by atoms with Crippen molar-refractivity contribution in [3.8, 4) is 78.4 Å². The van der Waals surface area contributed by atoms with Crippen molar-refractivity contribution in [1.82, 2.24) is 15.0 Å². The van der Waals surface area contributed by atoms with Crippen LogP contribution in [0.3, 0.4) is 0 Å². The van der Waals surface area contributed by atoms with Gasteiger partial charge in [0.15, 0.2) is 5.82 Å². The van der Waals surface area contributed by atoms with Crippen LogP contribution >= 0.6 is 0 Å². The maximum atomic E-state index is 6.58. The summed E-state index contributed by atoms with van der Waals surface area (Å²) in [6.45, 7) is 0. The maximum Gasteiger partial charge on any atom is 0.160 e. The van der Waals surface area contributed by atoms with E-state index >= 15 is 0 Å². The van der Waals surface area contributed by atoms with E-state index < -0.39 is 0 Å². The molecule has 0 N–H and O–H groups in total. The van der Waals surface area contributed by atoms with Gasteiger partial charge in [-0.2, -0.15) is 0 Å². The first-order chi connectivity index (χ1) is 27.2. The fraction of sp³-hybridized carbons (Fsp3) is 0. The number of aromatic nitrogens is 3. The highest BCUT2D eigenvalue weighted by atomic mass is 16.3. The molecule has 0 saturated heterocycles. The smallest absolute Gasteiger partial charge is 0.160 e. The van der Waals surface area contributed by atoms with E-state index in [9.17, 15) is 0 Å². The number of furan rings is 1. The van der Waals surface area contributed by atoms with Crippen molar-refractivity contribution in [2.75, 3.05) is 0 Å². The monoisotopic (exact) mass is 703 g/mol.